The Hall–Kier alpha value is -0.850. The summed E-state index contributed by atoms with van der Waals surface area (Å²) in [5, 5.41) is 0. The average Bonchev–Trinajstić information content (AvgIpc) is 2.50. The summed E-state index contributed by atoms with van der Waals surface area (Å²) in [5.41, 5.74) is 0. The van der Waals surface area contributed by atoms with Crippen LogP contribution in [0.15, 0.2) is 24.3 Å². The van der Waals surface area contributed by atoms with Crippen LogP contribution in [0.3, 0.4) is 0 Å². The van der Waals surface area contributed by atoms with Crippen LogP contribution in [-0.2, 0) is 4.79 Å². The van der Waals surface area contributed by atoms with Crippen molar-refractivity contribution in [3.05, 3.63) is 24.3 Å². The maximum atomic E-state index is 10.0. The summed E-state index contributed by atoms with van der Waals surface area (Å²) in [6.45, 7) is 2.25. The Morgan fingerprint density at radius 2 is 1.19 bits per heavy atom. The standard InChI is InChI=1S/C20H35O/c1-2-3-4-5-6-7-8-9-10-11-12-13-14-15-16-17-18-19-20-21/h6-7,9-10H,2-5,8,11-19H2,1H3. The zero-order valence-electron chi connectivity index (χ0n) is 14.1. The Labute approximate surface area is 132 Å². The molecule has 0 unspecified atom stereocenters. The molecule has 0 fully saturated rings. The lowest BCUT2D eigenvalue weighted by Crippen LogP contribution is -1.81. The molecule has 0 aliphatic heterocycles. The molecule has 21 heavy (non-hydrogen) atoms. The maximum absolute atomic E-state index is 10.0. The van der Waals surface area contributed by atoms with Crippen LogP contribution in [0.2, 0.25) is 0 Å². The van der Waals surface area contributed by atoms with E-state index in [1.807, 2.05) is 6.29 Å². The van der Waals surface area contributed by atoms with Gasteiger partial charge in [-0.05, 0) is 38.5 Å². The van der Waals surface area contributed by atoms with Crippen LogP contribution in [0.5, 0.6) is 0 Å². The van der Waals surface area contributed by atoms with Gasteiger partial charge < -0.3 is 0 Å². The monoisotopic (exact) mass is 291 g/mol. The topological polar surface area (TPSA) is 17.1 Å². The summed E-state index contributed by atoms with van der Waals surface area (Å²) in [6, 6.07) is 0. The van der Waals surface area contributed by atoms with Gasteiger partial charge in [0, 0.05) is 6.42 Å². The zero-order chi connectivity index (χ0) is 15.4. The molecule has 1 radical (unpaired) electrons. The smallest absolute Gasteiger partial charge is 0.198 e. The third-order valence-electron chi connectivity index (χ3n) is 3.73. The predicted octanol–water partition coefficient (Wildman–Crippen LogP) is 6.69. The van der Waals surface area contributed by atoms with Gasteiger partial charge in [0.1, 0.15) is 0 Å². The molecule has 0 aliphatic carbocycles. The number of hydrogen-bond acceptors (Lipinski definition) is 1. The first-order valence-electron chi connectivity index (χ1n) is 9.06. The quantitative estimate of drug-likeness (QED) is 0.229. The van der Waals surface area contributed by atoms with Gasteiger partial charge in [-0.25, -0.2) is 0 Å². The largest absolute Gasteiger partial charge is 0.291 e. The summed E-state index contributed by atoms with van der Waals surface area (Å²) < 4.78 is 0. The molecular formula is C20H35O. The summed E-state index contributed by atoms with van der Waals surface area (Å²) in [5.74, 6) is 0. The van der Waals surface area contributed by atoms with Crippen molar-refractivity contribution in [2.45, 2.75) is 96.8 Å². The van der Waals surface area contributed by atoms with E-state index in [2.05, 4.69) is 31.2 Å². The van der Waals surface area contributed by atoms with E-state index in [1.54, 1.807) is 0 Å². The van der Waals surface area contributed by atoms with E-state index < -0.39 is 0 Å². The van der Waals surface area contributed by atoms with E-state index in [0.717, 1.165) is 12.8 Å². The Balaban J connectivity index is 3.13. The summed E-state index contributed by atoms with van der Waals surface area (Å²) >= 11 is 0. The molecule has 0 aromatic carbocycles. The van der Waals surface area contributed by atoms with Gasteiger partial charge in [0.15, 0.2) is 6.29 Å². The molecule has 0 bridgehead atoms. The molecule has 0 spiro atoms. The van der Waals surface area contributed by atoms with E-state index in [-0.39, 0.29) is 0 Å². The van der Waals surface area contributed by atoms with Gasteiger partial charge in [-0.2, -0.15) is 0 Å². The van der Waals surface area contributed by atoms with Crippen molar-refractivity contribution in [2.75, 3.05) is 0 Å². The normalized spacial score (nSPS) is 11.7. The lowest BCUT2D eigenvalue weighted by atomic mass is 10.1. The number of unbranched alkanes of at least 4 members (excludes halogenated alkanes) is 11. The van der Waals surface area contributed by atoms with Gasteiger partial charge in [-0.3, -0.25) is 4.79 Å². The molecule has 0 rings (SSSR count). The molecule has 1 heteroatoms. The molecule has 0 heterocycles. The lowest BCUT2D eigenvalue weighted by Gasteiger charge is -1.99. The van der Waals surface area contributed by atoms with Crippen LogP contribution in [0.1, 0.15) is 96.8 Å². The van der Waals surface area contributed by atoms with E-state index in [9.17, 15) is 4.79 Å². The third kappa shape index (κ3) is 19.1. The highest BCUT2D eigenvalue weighted by molar-refractivity contribution is 5.50. The van der Waals surface area contributed by atoms with Crippen molar-refractivity contribution >= 4 is 6.29 Å². The van der Waals surface area contributed by atoms with Crippen LogP contribution < -0.4 is 0 Å². The van der Waals surface area contributed by atoms with Gasteiger partial charge in [0.2, 0.25) is 0 Å². The first-order chi connectivity index (χ1) is 10.4. The number of hydrogen-bond donors (Lipinski definition) is 0. The Bertz CT molecular complexity index is 253. The van der Waals surface area contributed by atoms with Gasteiger partial charge in [0.25, 0.3) is 0 Å². The molecule has 0 atom stereocenters. The van der Waals surface area contributed by atoms with Crippen molar-refractivity contribution in [1.82, 2.24) is 0 Å². The minimum Gasteiger partial charge on any atom is -0.291 e. The van der Waals surface area contributed by atoms with Crippen molar-refractivity contribution < 1.29 is 4.79 Å². The molecule has 121 valence electrons. The Morgan fingerprint density at radius 3 is 1.76 bits per heavy atom. The molecule has 0 aromatic heterocycles. The van der Waals surface area contributed by atoms with Crippen molar-refractivity contribution in [3.63, 3.8) is 0 Å². The van der Waals surface area contributed by atoms with E-state index >= 15 is 0 Å². The van der Waals surface area contributed by atoms with Crippen molar-refractivity contribution in [2.24, 2.45) is 0 Å². The third-order valence-corrected chi connectivity index (χ3v) is 3.73. The van der Waals surface area contributed by atoms with Crippen LogP contribution in [0.4, 0.5) is 0 Å². The Kier molecular flexibility index (Phi) is 18.4. The fourth-order valence-electron chi connectivity index (χ4n) is 2.36. The summed E-state index contributed by atoms with van der Waals surface area (Å²) in [7, 11) is 0. The summed E-state index contributed by atoms with van der Waals surface area (Å²) in [6.07, 6.45) is 28.2. The molecule has 0 aromatic rings. The number of rotatable bonds is 16. The molecule has 0 amide bonds. The highest BCUT2D eigenvalue weighted by Gasteiger charge is 1.91. The van der Waals surface area contributed by atoms with Gasteiger partial charge in [-0.1, -0.05) is 76.2 Å². The minimum atomic E-state index is 0.623. The van der Waals surface area contributed by atoms with Crippen LogP contribution in [-0.4, -0.2) is 6.29 Å². The highest BCUT2D eigenvalue weighted by Crippen LogP contribution is 2.09. The van der Waals surface area contributed by atoms with Crippen LogP contribution in [0.25, 0.3) is 0 Å². The van der Waals surface area contributed by atoms with Crippen LogP contribution in [0, 0.1) is 0 Å². The first kappa shape index (κ1) is 20.1. The van der Waals surface area contributed by atoms with Gasteiger partial charge in [-0.15, -0.1) is 0 Å². The van der Waals surface area contributed by atoms with Gasteiger partial charge in [0.05, 0.1) is 0 Å². The van der Waals surface area contributed by atoms with E-state index in [4.69, 9.17) is 0 Å². The van der Waals surface area contributed by atoms with Crippen molar-refractivity contribution in [1.29, 1.82) is 0 Å². The molecule has 0 N–H and O–H groups in total. The second-order valence-electron chi connectivity index (χ2n) is 5.83. The molecule has 1 nitrogen and oxygen atoms in total. The zero-order valence-corrected chi connectivity index (χ0v) is 14.1. The first-order valence-corrected chi connectivity index (χ1v) is 9.06. The molecule has 0 saturated heterocycles. The van der Waals surface area contributed by atoms with Gasteiger partial charge >= 0.3 is 0 Å². The van der Waals surface area contributed by atoms with Crippen molar-refractivity contribution in [3.8, 4) is 0 Å². The average molecular weight is 291 g/mol. The Morgan fingerprint density at radius 1 is 0.667 bits per heavy atom. The van der Waals surface area contributed by atoms with E-state index in [0.29, 0.717) is 6.42 Å². The second kappa shape index (κ2) is 19.1. The fraction of sp³-hybridized carbons (Fsp3) is 0.750. The van der Waals surface area contributed by atoms with E-state index in [1.165, 1.54) is 70.6 Å². The molecular weight excluding hydrogens is 256 g/mol. The minimum absolute atomic E-state index is 0.623. The molecule has 0 aliphatic rings. The fourth-order valence-corrected chi connectivity index (χ4v) is 2.36. The number of carbonyl (C=O) groups excluding carboxylic acids is 1. The summed E-state index contributed by atoms with van der Waals surface area (Å²) in [4.78, 5) is 10.0. The predicted molar refractivity (Wildman–Crippen MR) is 94.3 cm³/mol. The lowest BCUT2D eigenvalue weighted by molar-refractivity contribution is 0.540. The molecule has 0 saturated carbocycles. The number of allylic oxidation sites excluding steroid dienone is 4. The highest BCUT2D eigenvalue weighted by atomic mass is 16.1. The second-order valence-corrected chi connectivity index (χ2v) is 5.83. The SMILES string of the molecule is CCCCCC=CCC=CCCCCCCCCC[C]=O. The van der Waals surface area contributed by atoms with Crippen LogP contribution >= 0.6 is 0 Å². The maximum Gasteiger partial charge on any atom is 0.198 e.